The maximum Gasteiger partial charge on any atom is 0.416 e. The summed E-state index contributed by atoms with van der Waals surface area (Å²) >= 11 is 0. The molecule has 44 heavy (non-hydrogen) atoms. The van der Waals surface area contributed by atoms with Gasteiger partial charge in [0.15, 0.2) is 0 Å². The molecule has 0 saturated carbocycles. The molecule has 1 fully saturated rings. The monoisotopic (exact) mass is 609 g/mol. The quantitative estimate of drug-likeness (QED) is 0.207. The predicted octanol–water partition coefficient (Wildman–Crippen LogP) is 9.15. The standard InChI is InChI=1S/C35H35F4NO4/c1-20-14-25(16-27(15-20)35(37,38)39)31-21(2)40(33(42)44-31)19-26-18-34(3,4)13-12-28(26)29-17-24(10-11-30(29)36)22-6-8-23(9-7-22)32(41)43-5/h6-11,14-17,21,31H,12-13,18-19H2,1-5H3/t21-,31-/m0/s1. The molecule has 0 N–H and O–H groups in total. The van der Waals surface area contributed by atoms with E-state index in [1.807, 2.05) is 0 Å². The van der Waals surface area contributed by atoms with Crippen LogP contribution >= 0.6 is 0 Å². The van der Waals surface area contributed by atoms with Gasteiger partial charge in [-0.05, 0) is 103 Å². The molecule has 3 aromatic rings. The number of esters is 1. The lowest BCUT2D eigenvalue weighted by Gasteiger charge is -2.35. The van der Waals surface area contributed by atoms with Crippen LogP contribution in [0.5, 0.6) is 0 Å². The van der Waals surface area contributed by atoms with Crippen molar-refractivity contribution >= 4 is 17.6 Å². The molecule has 9 heteroatoms. The van der Waals surface area contributed by atoms with Crippen LogP contribution in [0.2, 0.25) is 0 Å². The zero-order valence-electron chi connectivity index (χ0n) is 25.3. The van der Waals surface area contributed by atoms with Gasteiger partial charge >= 0.3 is 18.2 Å². The second-order valence-electron chi connectivity index (χ2n) is 12.5. The van der Waals surface area contributed by atoms with E-state index in [0.717, 1.165) is 40.8 Å². The van der Waals surface area contributed by atoms with Gasteiger partial charge < -0.3 is 9.47 Å². The van der Waals surface area contributed by atoms with Gasteiger partial charge in [0.25, 0.3) is 0 Å². The molecule has 1 amide bonds. The van der Waals surface area contributed by atoms with Crippen molar-refractivity contribution < 1.29 is 36.6 Å². The molecule has 1 aliphatic carbocycles. The Bertz CT molecular complexity index is 1620. The van der Waals surface area contributed by atoms with Gasteiger partial charge in [-0.15, -0.1) is 0 Å². The summed E-state index contributed by atoms with van der Waals surface area (Å²) in [5, 5.41) is 0. The molecule has 1 aliphatic heterocycles. The number of cyclic esters (lactones) is 1. The van der Waals surface area contributed by atoms with Crippen LogP contribution in [-0.4, -0.2) is 36.7 Å². The van der Waals surface area contributed by atoms with E-state index >= 15 is 4.39 Å². The fraction of sp³-hybridized carbons (Fsp3) is 0.371. The normalized spacial score (nSPS) is 20.1. The highest BCUT2D eigenvalue weighted by Gasteiger charge is 2.42. The Labute approximate surface area is 254 Å². The van der Waals surface area contributed by atoms with Crippen molar-refractivity contribution in [2.75, 3.05) is 13.7 Å². The number of ether oxygens (including phenoxy) is 2. The van der Waals surface area contributed by atoms with Gasteiger partial charge in [0.2, 0.25) is 0 Å². The minimum absolute atomic E-state index is 0.0962. The average Bonchev–Trinajstić information content (AvgIpc) is 3.25. The van der Waals surface area contributed by atoms with Gasteiger partial charge in [-0.25, -0.2) is 14.0 Å². The number of allylic oxidation sites excluding steroid dienone is 1. The SMILES string of the molecule is COC(=O)c1ccc(-c2ccc(F)c(C3=C(CN4C(=O)O[C@H](c5cc(C)cc(C(F)(F)F)c5)[C@@H]4C)CC(C)(C)CC3)c2)cc1. The van der Waals surface area contributed by atoms with Crippen molar-refractivity contribution in [2.24, 2.45) is 5.41 Å². The van der Waals surface area contributed by atoms with Crippen molar-refractivity contribution in [2.45, 2.75) is 65.3 Å². The molecule has 1 saturated heterocycles. The Morgan fingerprint density at radius 3 is 2.39 bits per heavy atom. The molecule has 0 aromatic heterocycles. The molecule has 0 bridgehead atoms. The van der Waals surface area contributed by atoms with Crippen molar-refractivity contribution in [1.29, 1.82) is 0 Å². The summed E-state index contributed by atoms with van der Waals surface area (Å²) in [5.41, 5.74) is 3.94. The van der Waals surface area contributed by atoms with Crippen LogP contribution in [0.25, 0.3) is 16.7 Å². The minimum atomic E-state index is -4.53. The second-order valence-corrected chi connectivity index (χ2v) is 12.5. The van der Waals surface area contributed by atoms with Gasteiger partial charge in [0.1, 0.15) is 11.9 Å². The van der Waals surface area contributed by atoms with E-state index in [2.05, 4.69) is 13.8 Å². The lowest BCUT2D eigenvalue weighted by Crippen LogP contribution is -2.35. The third-order valence-corrected chi connectivity index (χ3v) is 8.61. The number of carbonyl (C=O) groups excluding carboxylic acids is 2. The van der Waals surface area contributed by atoms with Gasteiger partial charge in [0.05, 0.1) is 24.3 Å². The van der Waals surface area contributed by atoms with Gasteiger partial charge in [-0.3, -0.25) is 4.90 Å². The van der Waals surface area contributed by atoms with E-state index in [9.17, 15) is 22.8 Å². The first-order chi connectivity index (χ1) is 20.7. The number of nitrogens with zero attached hydrogens (tertiary/aromatic N) is 1. The molecule has 0 radical (unpaired) electrons. The van der Waals surface area contributed by atoms with Crippen molar-refractivity contribution in [3.8, 4) is 11.1 Å². The number of amides is 1. The lowest BCUT2D eigenvalue weighted by atomic mass is 9.72. The minimum Gasteiger partial charge on any atom is -0.465 e. The first-order valence-electron chi connectivity index (χ1n) is 14.5. The van der Waals surface area contributed by atoms with Crippen LogP contribution in [0.15, 0.2) is 66.2 Å². The maximum absolute atomic E-state index is 15.5. The summed E-state index contributed by atoms with van der Waals surface area (Å²) in [5.74, 6) is -0.836. The second kappa shape index (κ2) is 11.7. The number of benzene rings is 3. The topological polar surface area (TPSA) is 55.8 Å². The highest BCUT2D eigenvalue weighted by atomic mass is 19.4. The third kappa shape index (κ3) is 6.37. The molecule has 5 rings (SSSR count). The Kier molecular flexibility index (Phi) is 8.35. The predicted molar refractivity (Wildman–Crippen MR) is 159 cm³/mol. The van der Waals surface area contributed by atoms with E-state index in [1.165, 1.54) is 18.1 Å². The molecule has 232 valence electrons. The summed E-state index contributed by atoms with van der Waals surface area (Å²) in [6.45, 7) is 7.76. The molecule has 3 aromatic carbocycles. The summed E-state index contributed by atoms with van der Waals surface area (Å²) < 4.78 is 66.5. The number of aryl methyl sites for hydroxylation is 1. The van der Waals surface area contributed by atoms with E-state index in [0.29, 0.717) is 29.5 Å². The molecule has 0 unspecified atom stereocenters. The van der Waals surface area contributed by atoms with Crippen LogP contribution in [0.4, 0.5) is 22.4 Å². The van der Waals surface area contributed by atoms with Crippen LogP contribution in [0.3, 0.4) is 0 Å². The lowest BCUT2D eigenvalue weighted by molar-refractivity contribution is -0.137. The highest BCUT2D eigenvalue weighted by molar-refractivity contribution is 5.90. The van der Waals surface area contributed by atoms with Crippen molar-refractivity contribution in [3.05, 3.63) is 99.9 Å². The van der Waals surface area contributed by atoms with Gasteiger partial charge in [0, 0.05) is 12.1 Å². The van der Waals surface area contributed by atoms with Gasteiger partial charge in [-0.2, -0.15) is 13.2 Å². The molecule has 5 nitrogen and oxygen atoms in total. The van der Waals surface area contributed by atoms with Crippen molar-refractivity contribution in [1.82, 2.24) is 4.90 Å². The molecule has 0 spiro atoms. The largest absolute Gasteiger partial charge is 0.465 e. The molecule has 2 atom stereocenters. The number of carbonyl (C=O) groups is 2. The molecular formula is C35H35F4NO4. The first kappa shape index (κ1) is 31.3. The number of hydrogen-bond acceptors (Lipinski definition) is 4. The Balaban J connectivity index is 1.49. The highest BCUT2D eigenvalue weighted by Crippen LogP contribution is 2.45. The zero-order valence-corrected chi connectivity index (χ0v) is 25.3. The fourth-order valence-electron chi connectivity index (χ4n) is 6.25. The summed E-state index contributed by atoms with van der Waals surface area (Å²) in [7, 11) is 1.31. The zero-order chi connectivity index (χ0) is 32.0. The third-order valence-electron chi connectivity index (χ3n) is 8.61. The number of hydrogen-bond donors (Lipinski definition) is 0. The fourth-order valence-corrected chi connectivity index (χ4v) is 6.25. The van der Waals surface area contributed by atoms with Crippen LogP contribution in [0.1, 0.15) is 78.7 Å². The van der Waals surface area contributed by atoms with E-state index < -0.39 is 35.9 Å². The van der Waals surface area contributed by atoms with Crippen LogP contribution in [0, 0.1) is 18.2 Å². The number of rotatable bonds is 6. The number of halogens is 4. The van der Waals surface area contributed by atoms with E-state index in [-0.39, 0.29) is 23.3 Å². The Hall–Kier alpha value is -4.14. The maximum atomic E-state index is 15.5. The van der Waals surface area contributed by atoms with Crippen molar-refractivity contribution in [3.63, 3.8) is 0 Å². The first-order valence-corrected chi connectivity index (χ1v) is 14.5. The smallest absolute Gasteiger partial charge is 0.416 e. The summed E-state index contributed by atoms with van der Waals surface area (Å²) in [4.78, 5) is 26.6. The Morgan fingerprint density at radius 2 is 1.73 bits per heavy atom. The average molecular weight is 610 g/mol. The van der Waals surface area contributed by atoms with E-state index in [4.69, 9.17) is 9.47 Å². The number of alkyl halides is 3. The molecular weight excluding hydrogens is 574 g/mol. The van der Waals surface area contributed by atoms with Crippen LogP contribution < -0.4 is 0 Å². The van der Waals surface area contributed by atoms with E-state index in [1.54, 1.807) is 56.3 Å². The van der Waals surface area contributed by atoms with Crippen LogP contribution in [-0.2, 0) is 15.7 Å². The summed E-state index contributed by atoms with van der Waals surface area (Å²) in [6.07, 6.45) is -4.00. The summed E-state index contributed by atoms with van der Waals surface area (Å²) in [6, 6.07) is 14.9. The number of methoxy groups -OCH3 is 1. The Morgan fingerprint density at radius 1 is 1.05 bits per heavy atom. The van der Waals surface area contributed by atoms with Gasteiger partial charge in [-0.1, -0.05) is 43.7 Å². The molecule has 2 aliphatic rings. The molecule has 1 heterocycles.